The van der Waals surface area contributed by atoms with E-state index in [4.69, 9.17) is 14.5 Å². The van der Waals surface area contributed by atoms with Crippen LogP contribution in [-0.4, -0.2) is 57.0 Å². The van der Waals surface area contributed by atoms with Gasteiger partial charge in [0.05, 0.1) is 35.0 Å². The number of H-pyrrole nitrogens is 2. The van der Waals surface area contributed by atoms with Gasteiger partial charge in [-0.15, -0.1) is 0 Å². The molecule has 8 bridgehead atoms. The highest BCUT2D eigenvalue weighted by molar-refractivity contribution is 7.46. The van der Waals surface area contributed by atoms with Crippen molar-refractivity contribution >= 4 is 64.1 Å². The molecule has 5 heterocycles. The summed E-state index contributed by atoms with van der Waals surface area (Å²) in [6.45, 7) is 10.6. The highest BCUT2D eigenvalue weighted by Gasteiger charge is 2.26. The molecule has 2 aliphatic rings. The lowest BCUT2D eigenvalue weighted by Gasteiger charge is -2.14. The van der Waals surface area contributed by atoms with Gasteiger partial charge in [-0.05, 0) is 112 Å². The third-order valence-corrected chi connectivity index (χ3v) is 9.52. The molecule has 14 heteroatoms. The Morgan fingerprint density at radius 2 is 1.17 bits per heavy atom. The van der Waals surface area contributed by atoms with Gasteiger partial charge in [0, 0.05) is 46.0 Å². The number of phosphoric acid groups is 1. The summed E-state index contributed by atoms with van der Waals surface area (Å²) in [7, 11) is -4.86. The number of carboxylic acids is 2. The van der Waals surface area contributed by atoms with Gasteiger partial charge < -0.3 is 35.1 Å². The van der Waals surface area contributed by atoms with Crippen LogP contribution in [0, 0.1) is 13.8 Å². The number of aliphatic carboxylic acids is 2. The zero-order valence-corrected chi connectivity index (χ0v) is 28.4. The fourth-order valence-corrected chi connectivity index (χ4v) is 7.08. The minimum atomic E-state index is -4.86. The summed E-state index contributed by atoms with van der Waals surface area (Å²) in [4.78, 5) is 59.0. The summed E-state index contributed by atoms with van der Waals surface area (Å²) >= 11 is 0. The van der Waals surface area contributed by atoms with E-state index in [0.717, 1.165) is 22.3 Å². The van der Waals surface area contributed by atoms with Gasteiger partial charge in [0.25, 0.3) is 0 Å². The number of phosphoric ester groups is 1. The summed E-state index contributed by atoms with van der Waals surface area (Å²) in [6, 6.07) is 7.15. The lowest BCUT2D eigenvalue weighted by atomic mass is 9.98. The van der Waals surface area contributed by atoms with E-state index in [1.165, 1.54) is 0 Å². The van der Waals surface area contributed by atoms with Gasteiger partial charge in [-0.25, -0.2) is 14.5 Å². The lowest BCUT2D eigenvalue weighted by molar-refractivity contribution is -0.137. The molecule has 3 aromatic rings. The Balaban J connectivity index is 1.95. The highest BCUT2D eigenvalue weighted by Crippen LogP contribution is 2.45. The third-order valence-electron chi connectivity index (χ3n) is 8.93. The summed E-state index contributed by atoms with van der Waals surface area (Å²) in [5, 5.41) is 29.8. The molecule has 2 aliphatic heterocycles. The van der Waals surface area contributed by atoms with E-state index in [1.807, 2.05) is 20.8 Å². The number of aliphatic hydroxyl groups is 1. The Morgan fingerprint density at radius 1 is 0.729 bits per heavy atom. The zero-order valence-electron chi connectivity index (χ0n) is 27.5. The fourth-order valence-electron chi connectivity index (χ4n) is 6.56. The van der Waals surface area contributed by atoms with Crippen LogP contribution in [-0.2, 0) is 18.7 Å². The van der Waals surface area contributed by atoms with Crippen molar-refractivity contribution in [2.45, 2.75) is 79.4 Å². The first-order valence-corrected chi connectivity index (χ1v) is 17.0. The van der Waals surface area contributed by atoms with Gasteiger partial charge in [0.2, 0.25) is 0 Å². The van der Waals surface area contributed by atoms with Crippen molar-refractivity contribution in [1.29, 1.82) is 0 Å². The predicted octanol–water partition coefficient (Wildman–Crippen LogP) is 6.75. The first kappa shape index (κ1) is 34.9. The van der Waals surface area contributed by atoms with Crippen molar-refractivity contribution in [2.75, 3.05) is 0 Å². The van der Waals surface area contributed by atoms with E-state index in [0.29, 0.717) is 67.1 Å². The first-order valence-electron chi connectivity index (χ1n) is 15.5. The van der Waals surface area contributed by atoms with Crippen LogP contribution in [0.3, 0.4) is 0 Å². The van der Waals surface area contributed by atoms with Crippen molar-refractivity contribution in [3.8, 4) is 0 Å². The quantitative estimate of drug-likeness (QED) is 0.111. The van der Waals surface area contributed by atoms with Crippen LogP contribution >= 0.6 is 7.82 Å². The smallest absolute Gasteiger partial charge is 0.470 e. The number of nitrogens with one attached hydrogen (secondary N) is 2. The van der Waals surface area contributed by atoms with Crippen molar-refractivity contribution in [2.24, 2.45) is 0 Å². The number of aromatic amines is 2. The lowest BCUT2D eigenvalue weighted by Crippen LogP contribution is -1.99. The molecule has 0 amide bonds. The summed E-state index contributed by atoms with van der Waals surface area (Å²) in [6.07, 6.45) is -1.74. The van der Waals surface area contributed by atoms with Gasteiger partial charge in [-0.3, -0.25) is 14.1 Å². The first-order chi connectivity index (χ1) is 22.4. The van der Waals surface area contributed by atoms with Crippen molar-refractivity contribution in [3.63, 3.8) is 0 Å². The molecule has 7 N–H and O–H groups in total. The minimum Gasteiger partial charge on any atom is -0.481 e. The summed E-state index contributed by atoms with van der Waals surface area (Å²) in [5.74, 6) is -1.92. The topological polar surface area (TPSA) is 219 Å². The Labute approximate surface area is 276 Å². The second-order valence-electron chi connectivity index (χ2n) is 12.2. The van der Waals surface area contributed by atoms with Gasteiger partial charge >= 0.3 is 19.8 Å². The van der Waals surface area contributed by atoms with Crippen LogP contribution in [0.5, 0.6) is 0 Å². The average molecular weight is 679 g/mol. The number of aliphatic hydroxyl groups excluding tert-OH is 1. The number of carboxylic acid groups (broad SMARTS) is 2. The van der Waals surface area contributed by atoms with Crippen LogP contribution in [0.15, 0.2) is 24.3 Å². The van der Waals surface area contributed by atoms with Crippen LogP contribution in [0.4, 0.5) is 0 Å². The minimum absolute atomic E-state index is 0.120. The molecule has 2 atom stereocenters. The number of rotatable bonds is 10. The van der Waals surface area contributed by atoms with E-state index in [9.17, 15) is 39.3 Å². The Hall–Kier alpha value is -4.39. The van der Waals surface area contributed by atoms with Gasteiger partial charge in [0.15, 0.2) is 0 Å². The number of hydrogen-bond acceptors (Lipinski definition) is 7. The van der Waals surface area contributed by atoms with Crippen molar-refractivity contribution in [3.05, 3.63) is 69.3 Å². The average Bonchev–Trinajstić information content (AvgIpc) is 3.63. The number of nitrogens with zero attached hydrogens (tertiary/aromatic N) is 2. The number of fused-ring (bicyclic) bond motifs is 8. The van der Waals surface area contributed by atoms with Crippen molar-refractivity contribution < 1.29 is 43.8 Å². The van der Waals surface area contributed by atoms with E-state index in [1.54, 1.807) is 45.0 Å². The maximum Gasteiger partial charge on any atom is 0.470 e. The molecular weight excluding hydrogens is 639 g/mol. The molecule has 0 fully saturated rings. The molecule has 48 heavy (non-hydrogen) atoms. The van der Waals surface area contributed by atoms with Crippen LogP contribution in [0.1, 0.15) is 111 Å². The number of aromatic nitrogens is 4. The number of carbonyl (C=O) groups is 2. The molecular formula is C34H39N4O9P. The molecule has 0 saturated carbocycles. The summed E-state index contributed by atoms with van der Waals surface area (Å²) in [5.41, 5.74) is 9.95. The molecule has 0 aliphatic carbocycles. The summed E-state index contributed by atoms with van der Waals surface area (Å²) < 4.78 is 17.0. The molecule has 2 unspecified atom stereocenters. The molecule has 254 valence electrons. The maximum absolute atomic E-state index is 11.9. The molecule has 0 spiro atoms. The molecule has 0 radical (unpaired) electrons. The molecule has 0 aromatic carbocycles. The van der Waals surface area contributed by atoms with Gasteiger partial charge in [0.1, 0.15) is 0 Å². The second-order valence-corrected chi connectivity index (χ2v) is 13.4. The Kier molecular flexibility index (Phi) is 9.64. The van der Waals surface area contributed by atoms with E-state index >= 15 is 0 Å². The van der Waals surface area contributed by atoms with Crippen LogP contribution in [0.25, 0.3) is 44.4 Å². The van der Waals surface area contributed by atoms with E-state index < -0.39 is 32.0 Å². The fraction of sp³-hybridized carbons (Fsp3) is 0.353. The number of allylic oxidation sites excluding steroid dienone is 4. The third kappa shape index (κ3) is 7.06. The molecule has 0 saturated heterocycles. The molecule has 13 nitrogen and oxygen atoms in total. The van der Waals surface area contributed by atoms with Crippen molar-refractivity contribution in [1.82, 2.24) is 19.9 Å². The van der Waals surface area contributed by atoms with E-state index in [-0.39, 0.29) is 25.7 Å². The SMILES string of the molecule is CC1=C(CCC(=O)O)c2cc3nc(cc4[nH]c(cc5[nH]c(cc1n2)c(C)c5C(C)OP(=O)(O)O)c(C)c4C(C)O)C(C)=C3CCC(=O)O. The molecule has 3 aromatic heterocycles. The predicted molar refractivity (Wildman–Crippen MR) is 181 cm³/mol. The van der Waals surface area contributed by atoms with E-state index in [2.05, 4.69) is 9.97 Å². The highest BCUT2D eigenvalue weighted by atomic mass is 31.2. The van der Waals surface area contributed by atoms with Gasteiger partial charge in [-0.2, -0.15) is 0 Å². The normalized spacial score (nSPS) is 14.9. The largest absolute Gasteiger partial charge is 0.481 e. The zero-order chi connectivity index (χ0) is 35.2. The number of hydrogen-bond donors (Lipinski definition) is 7. The standard InChI is InChI=1S/C34H39N4O9P/c1-15-21(7-9-31(40)41)27-14-28-22(8-10-32(42)43)16(2)24(36-28)12-29-33(19(5)39)17(3)26(37-29)13-30-34(20(6)47-48(44,45)46)18(4)25(38-30)11-23(15)35-27/h11-14,19-20,37-39H,7-10H2,1-6H3,(H,40,41)(H,42,43)(H2,44,45,46). The van der Waals surface area contributed by atoms with Crippen LogP contribution < -0.4 is 0 Å². The van der Waals surface area contributed by atoms with Gasteiger partial charge in [-0.1, -0.05) is 0 Å². The molecule has 5 rings (SSSR count). The second kappa shape index (κ2) is 13.3. The number of aryl methyl sites for hydroxylation is 2. The monoisotopic (exact) mass is 678 g/mol. The Morgan fingerprint density at radius 3 is 1.62 bits per heavy atom. The van der Waals surface area contributed by atoms with Crippen LogP contribution in [0.2, 0.25) is 0 Å². The maximum atomic E-state index is 11.9. The Bertz CT molecular complexity index is 2120.